The van der Waals surface area contributed by atoms with Crippen molar-refractivity contribution in [1.82, 2.24) is 14.8 Å². The number of anilines is 1. The molecule has 0 saturated heterocycles. The van der Waals surface area contributed by atoms with E-state index in [9.17, 15) is 18.3 Å². The number of benzene rings is 2. The van der Waals surface area contributed by atoms with E-state index >= 15 is 0 Å². The van der Waals surface area contributed by atoms with Gasteiger partial charge in [-0.15, -0.1) is 0 Å². The number of hydrogen-bond acceptors (Lipinski definition) is 8. The number of aryl methyl sites for hydroxylation is 2. The minimum Gasteiger partial charge on any atom is -0.494 e. The number of carbonyl (C=O) groups is 1. The van der Waals surface area contributed by atoms with Gasteiger partial charge in [0.25, 0.3) is 0 Å². The fourth-order valence-electron chi connectivity index (χ4n) is 5.30. The molecule has 4 N–H and O–H groups in total. The minimum atomic E-state index is -3.87. The Morgan fingerprint density at radius 2 is 1.89 bits per heavy atom. The number of fused-ring (bicyclic) bond motifs is 1. The fourth-order valence-corrected chi connectivity index (χ4v) is 5.81. The van der Waals surface area contributed by atoms with E-state index in [-0.39, 0.29) is 17.2 Å². The van der Waals surface area contributed by atoms with Gasteiger partial charge in [-0.3, -0.25) is 4.79 Å². The highest BCUT2D eigenvalue weighted by Gasteiger charge is 2.22. The number of ether oxygens (including phenoxy) is 2. The number of carboxylic acids is 1. The first-order chi connectivity index (χ1) is 21.1. The molecule has 11 nitrogen and oxygen atoms in total. The molecule has 232 valence electrons. The average molecular weight is 620 g/mol. The van der Waals surface area contributed by atoms with Crippen LogP contribution < -0.4 is 19.9 Å². The third kappa shape index (κ3) is 7.56. The van der Waals surface area contributed by atoms with Gasteiger partial charge in [0.05, 0.1) is 35.9 Å². The Hall–Kier alpha value is -4.42. The fraction of sp³-hybridized carbons (Fsp3) is 0.344. The molecule has 0 amide bonds. The van der Waals surface area contributed by atoms with E-state index < -0.39 is 16.0 Å². The van der Waals surface area contributed by atoms with E-state index in [0.29, 0.717) is 43.3 Å². The van der Waals surface area contributed by atoms with E-state index in [1.807, 2.05) is 38.1 Å². The molecule has 0 aliphatic carbocycles. The number of nitrogens with zero attached hydrogens (tertiary/aromatic N) is 3. The summed E-state index contributed by atoms with van der Waals surface area (Å²) in [6.45, 7) is 5.58. The normalized spacial score (nSPS) is 13.5. The van der Waals surface area contributed by atoms with E-state index in [4.69, 9.17) is 24.7 Å². The van der Waals surface area contributed by atoms with E-state index in [1.165, 1.54) is 17.7 Å². The van der Waals surface area contributed by atoms with Crippen LogP contribution in [0.5, 0.6) is 11.6 Å². The number of hydrogen-bond donors (Lipinski definition) is 3. The van der Waals surface area contributed by atoms with Crippen LogP contribution in [0.4, 0.5) is 5.82 Å². The molecule has 5 rings (SSSR count). The molecule has 0 saturated carbocycles. The smallest absolute Gasteiger partial charge is 0.303 e. The zero-order valence-electron chi connectivity index (χ0n) is 24.8. The maximum absolute atomic E-state index is 11.9. The Morgan fingerprint density at radius 3 is 2.61 bits per heavy atom. The summed E-state index contributed by atoms with van der Waals surface area (Å²) < 4.78 is 37.2. The van der Waals surface area contributed by atoms with Gasteiger partial charge in [0, 0.05) is 30.6 Å². The lowest BCUT2D eigenvalue weighted by Gasteiger charge is -2.17. The third-order valence-electron chi connectivity index (χ3n) is 7.56. The second kappa shape index (κ2) is 13.5. The number of nitrogens with one attached hydrogen (secondary N) is 1. The molecule has 1 aliphatic heterocycles. The molecule has 0 spiro atoms. The first-order valence-corrected chi connectivity index (χ1v) is 16.2. The second-order valence-corrected chi connectivity index (χ2v) is 12.4. The Bertz CT molecular complexity index is 1740. The van der Waals surface area contributed by atoms with Gasteiger partial charge in [-0.1, -0.05) is 18.2 Å². The molecule has 44 heavy (non-hydrogen) atoms. The van der Waals surface area contributed by atoms with E-state index in [2.05, 4.69) is 11.4 Å². The van der Waals surface area contributed by atoms with Gasteiger partial charge >= 0.3 is 5.97 Å². The lowest BCUT2D eigenvalue weighted by atomic mass is 9.90. The van der Waals surface area contributed by atoms with Crippen molar-refractivity contribution in [2.24, 2.45) is 5.14 Å². The van der Waals surface area contributed by atoms with E-state index in [0.717, 1.165) is 47.8 Å². The van der Waals surface area contributed by atoms with Crippen molar-refractivity contribution >= 4 is 21.8 Å². The van der Waals surface area contributed by atoms with Crippen molar-refractivity contribution in [3.8, 4) is 17.3 Å². The van der Waals surface area contributed by atoms with Gasteiger partial charge in [-0.25, -0.2) is 23.2 Å². The van der Waals surface area contributed by atoms with Crippen molar-refractivity contribution in [1.29, 1.82) is 0 Å². The standard InChI is InChI=1S/C32H37N5O6S/c1-3-42-29-18-23(7-6-21(29)2)24(19-31(38)39)17-26-20-30(37(36-26)27-10-12-28(13-11-27)44(33,40)41)43-16-14-25-9-8-22-5-4-15-34-32(22)35-25/h6-13,18,20,24H,3-5,14-17,19H2,1-2H3,(H,34,35)(H,38,39)(H2,33,40,41). The number of rotatable bonds is 13. The SMILES string of the molecule is CCOc1cc(C(CC(=O)O)Cc2cc(OCCc3ccc4c(n3)NCCC4)n(-c3ccc(S(N)(=O)=O)cc3)n2)ccc1C. The second-order valence-electron chi connectivity index (χ2n) is 10.8. The summed E-state index contributed by atoms with van der Waals surface area (Å²) in [6, 6.07) is 17.7. The van der Waals surface area contributed by atoms with Crippen LogP contribution in [-0.2, 0) is 34.1 Å². The number of aromatic nitrogens is 3. The van der Waals surface area contributed by atoms with Crippen molar-refractivity contribution in [3.63, 3.8) is 0 Å². The molecule has 1 atom stereocenters. The van der Waals surface area contributed by atoms with Crippen LogP contribution in [0.2, 0.25) is 0 Å². The van der Waals surface area contributed by atoms with Crippen LogP contribution in [-0.4, -0.2) is 54.0 Å². The minimum absolute atomic E-state index is 0.0193. The maximum atomic E-state index is 11.9. The van der Waals surface area contributed by atoms with Gasteiger partial charge in [-0.2, -0.15) is 5.10 Å². The molecule has 0 radical (unpaired) electrons. The highest BCUT2D eigenvalue weighted by Crippen LogP contribution is 2.31. The summed E-state index contributed by atoms with van der Waals surface area (Å²) in [7, 11) is -3.87. The van der Waals surface area contributed by atoms with Crippen LogP contribution in [0.15, 0.2) is 65.6 Å². The lowest BCUT2D eigenvalue weighted by Crippen LogP contribution is -2.15. The molecule has 12 heteroatoms. The number of sulfonamides is 1. The van der Waals surface area contributed by atoms with Crippen molar-refractivity contribution in [2.75, 3.05) is 25.1 Å². The van der Waals surface area contributed by atoms with Gasteiger partial charge in [-0.05, 0) is 86.2 Å². The lowest BCUT2D eigenvalue weighted by molar-refractivity contribution is -0.137. The summed E-state index contributed by atoms with van der Waals surface area (Å²) in [5.41, 5.74) is 5.10. The van der Waals surface area contributed by atoms with Crippen LogP contribution in [0.1, 0.15) is 53.8 Å². The van der Waals surface area contributed by atoms with Crippen LogP contribution in [0.25, 0.3) is 5.69 Å². The molecule has 3 heterocycles. The molecule has 0 bridgehead atoms. The number of carboxylic acid groups (broad SMARTS) is 1. The summed E-state index contributed by atoms with van der Waals surface area (Å²) >= 11 is 0. The highest BCUT2D eigenvalue weighted by atomic mass is 32.2. The molecule has 1 unspecified atom stereocenters. The highest BCUT2D eigenvalue weighted by molar-refractivity contribution is 7.89. The Morgan fingerprint density at radius 1 is 1.09 bits per heavy atom. The molecular formula is C32H37N5O6S. The van der Waals surface area contributed by atoms with Crippen LogP contribution >= 0.6 is 0 Å². The Kier molecular flexibility index (Phi) is 9.50. The molecule has 4 aromatic rings. The number of primary sulfonamides is 1. The van der Waals surface area contributed by atoms with E-state index in [1.54, 1.807) is 22.9 Å². The summed E-state index contributed by atoms with van der Waals surface area (Å²) in [6.07, 6.45) is 2.89. The zero-order valence-corrected chi connectivity index (χ0v) is 25.6. The summed E-state index contributed by atoms with van der Waals surface area (Å²) in [5.74, 6) is 0.780. The first kappa shape index (κ1) is 31.0. The molecule has 1 aliphatic rings. The third-order valence-corrected chi connectivity index (χ3v) is 8.49. The largest absolute Gasteiger partial charge is 0.494 e. The topological polar surface area (TPSA) is 159 Å². The first-order valence-electron chi connectivity index (χ1n) is 14.6. The van der Waals surface area contributed by atoms with Crippen LogP contribution in [0.3, 0.4) is 0 Å². The predicted molar refractivity (Wildman–Crippen MR) is 166 cm³/mol. The van der Waals surface area contributed by atoms with Gasteiger partial charge in [0.15, 0.2) is 0 Å². The monoisotopic (exact) mass is 619 g/mol. The summed E-state index contributed by atoms with van der Waals surface area (Å²) in [4.78, 5) is 16.6. The Labute approximate surface area is 257 Å². The average Bonchev–Trinajstić information content (AvgIpc) is 3.39. The quantitative estimate of drug-likeness (QED) is 0.197. The Balaban J connectivity index is 1.42. The predicted octanol–water partition coefficient (Wildman–Crippen LogP) is 4.40. The molecular weight excluding hydrogens is 582 g/mol. The molecule has 2 aromatic heterocycles. The maximum Gasteiger partial charge on any atom is 0.303 e. The van der Waals surface area contributed by atoms with Gasteiger partial charge in [0.2, 0.25) is 15.9 Å². The number of pyridine rings is 1. The number of nitrogens with two attached hydrogens (primary N) is 1. The molecule has 0 fully saturated rings. The van der Waals surface area contributed by atoms with Gasteiger partial charge in [0.1, 0.15) is 11.6 Å². The van der Waals surface area contributed by atoms with Gasteiger partial charge < -0.3 is 19.9 Å². The van der Waals surface area contributed by atoms with Crippen LogP contribution in [0, 0.1) is 6.92 Å². The number of aliphatic carboxylic acids is 1. The zero-order chi connectivity index (χ0) is 31.3. The van der Waals surface area contributed by atoms with Crippen molar-refractivity contribution in [3.05, 3.63) is 88.7 Å². The summed E-state index contributed by atoms with van der Waals surface area (Å²) in [5, 5.41) is 23.1. The van der Waals surface area contributed by atoms with Crippen molar-refractivity contribution < 1.29 is 27.8 Å². The molecule has 2 aromatic carbocycles. The van der Waals surface area contributed by atoms with Crippen molar-refractivity contribution in [2.45, 2.75) is 56.8 Å².